The zero-order chi connectivity index (χ0) is 30.5. The number of rotatable bonds is 11. The van der Waals surface area contributed by atoms with E-state index in [-0.39, 0.29) is 24.3 Å². The van der Waals surface area contributed by atoms with Gasteiger partial charge in [-0.25, -0.2) is 4.79 Å². The number of benzene rings is 3. The Morgan fingerprint density at radius 2 is 1.86 bits per heavy atom. The van der Waals surface area contributed by atoms with E-state index >= 15 is 0 Å². The number of aromatic hydroxyl groups is 1. The monoisotopic (exact) mass is 585 g/mol. The van der Waals surface area contributed by atoms with Gasteiger partial charge in [0.05, 0.1) is 13.2 Å². The number of H-pyrrole nitrogens is 1. The summed E-state index contributed by atoms with van der Waals surface area (Å²) in [5, 5.41) is 23.0. The van der Waals surface area contributed by atoms with Crippen LogP contribution in [0.15, 0.2) is 66.9 Å². The lowest BCUT2D eigenvalue weighted by atomic mass is 9.91. The van der Waals surface area contributed by atoms with Crippen LogP contribution in [0.5, 0.6) is 11.5 Å². The molecule has 0 aliphatic carbocycles. The summed E-state index contributed by atoms with van der Waals surface area (Å²) in [4.78, 5) is 30.8. The van der Waals surface area contributed by atoms with Crippen LogP contribution in [0, 0.1) is 6.92 Å². The van der Waals surface area contributed by atoms with Crippen LogP contribution in [-0.4, -0.2) is 64.4 Å². The first-order valence-electron chi connectivity index (χ1n) is 14.7. The van der Waals surface area contributed by atoms with Crippen LogP contribution < -0.4 is 10.1 Å². The van der Waals surface area contributed by atoms with Gasteiger partial charge in [-0.2, -0.15) is 0 Å². The molecular formula is C34H39N3O6. The van der Waals surface area contributed by atoms with E-state index in [4.69, 9.17) is 9.47 Å². The molecule has 2 heterocycles. The van der Waals surface area contributed by atoms with Crippen LogP contribution in [0.25, 0.3) is 10.9 Å². The van der Waals surface area contributed by atoms with Gasteiger partial charge in [0, 0.05) is 60.4 Å². The van der Waals surface area contributed by atoms with Gasteiger partial charge < -0.3 is 30.0 Å². The molecule has 226 valence electrons. The van der Waals surface area contributed by atoms with Gasteiger partial charge in [0.2, 0.25) is 0 Å². The maximum Gasteiger partial charge on any atom is 0.326 e. The SMILES string of the molecule is CCO[C@@H]1CCN(Cc2c(OC)cc(C)c3[nH]ccc23)[C@H](c2ccc(C(=O)N[C@@H](Cc3ccc(O)cc3)C(=O)O)cc2)C1. The average Bonchev–Trinajstić information content (AvgIpc) is 3.51. The van der Waals surface area contributed by atoms with Crippen molar-refractivity contribution < 1.29 is 29.3 Å². The smallest absolute Gasteiger partial charge is 0.326 e. The second-order valence-corrected chi connectivity index (χ2v) is 11.1. The fourth-order valence-corrected chi connectivity index (χ4v) is 6.05. The summed E-state index contributed by atoms with van der Waals surface area (Å²) in [5.41, 5.74) is 5.53. The highest BCUT2D eigenvalue weighted by atomic mass is 16.5. The van der Waals surface area contributed by atoms with Gasteiger partial charge in [-0.3, -0.25) is 9.69 Å². The number of nitrogens with one attached hydrogen (secondary N) is 2. The molecule has 0 unspecified atom stereocenters. The van der Waals surface area contributed by atoms with Crippen LogP contribution in [0.3, 0.4) is 0 Å². The lowest BCUT2D eigenvalue weighted by Crippen LogP contribution is -2.42. The molecule has 1 amide bonds. The third-order valence-electron chi connectivity index (χ3n) is 8.30. The first-order valence-corrected chi connectivity index (χ1v) is 14.7. The molecule has 0 spiro atoms. The van der Waals surface area contributed by atoms with Crippen molar-refractivity contribution in [2.45, 2.75) is 57.8 Å². The number of aryl methyl sites for hydroxylation is 1. The predicted molar refractivity (Wildman–Crippen MR) is 165 cm³/mol. The van der Waals surface area contributed by atoms with Gasteiger partial charge in [0.25, 0.3) is 5.91 Å². The Labute approximate surface area is 251 Å². The third kappa shape index (κ3) is 6.84. The molecule has 3 aromatic carbocycles. The maximum atomic E-state index is 13.1. The number of likely N-dealkylation sites (tertiary alicyclic amines) is 1. The Hall–Kier alpha value is -4.34. The largest absolute Gasteiger partial charge is 0.508 e. The molecule has 0 bridgehead atoms. The summed E-state index contributed by atoms with van der Waals surface area (Å²) >= 11 is 0. The Balaban J connectivity index is 1.36. The lowest BCUT2D eigenvalue weighted by Gasteiger charge is -2.40. The molecule has 9 nitrogen and oxygen atoms in total. The number of aromatic nitrogens is 1. The van der Waals surface area contributed by atoms with Crippen LogP contribution in [-0.2, 0) is 22.5 Å². The van der Waals surface area contributed by atoms with E-state index in [1.807, 2.05) is 25.3 Å². The molecule has 43 heavy (non-hydrogen) atoms. The summed E-state index contributed by atoms with van der Waals surface area (Å²) in [6.07, 6.45) is 3.94. The number of carbonyl (C=O) groups excluding carboxylic acids is 1. The van der Waals surface area contributed by atoms with Crippen molar-refractivity contribution in [2.75, 3.05) is 20.3 Å². The topological polar surface area (TPSA) is 124 Å². The number of fused-ring (bicyclic) bond motifs is 1. The number of phenolic OH excluding ortho intramolecular Hbond substituents is 1. The van der Waals surface area contributed by atoms with Crippen molar-refractivity contribution >= 4 is 22.8 Å². The summed E-state index contributed by atoms with van der Waals surface area (Å²) < 4.78 is 11.9. The number of methoxy groups -OCH3 is 1. The lowest BCUT2D eigenvalue weighted by molar-refractivity contribution is -0.139. The number of aromatic amines is 1. The third-order valence-corrected chi connectivity index (χ3v) is 8.30. The molecule has 0 radical (unpaired) electrons. The summed E-state index contributed by atoms with van der Waals surface area (Å²) in [5.74, 6) is -0.618. The van der Waals surface area contributed by atoms with Gasteiger partial charge in [0.15, 0.2) is 0 Å². The predicted octanol–water partition coefficient (Wildman–Crippen LogP) is 5.36. The standard InChI is InChI=1S/C34H39N3O6/c1-4-43-26-14-16-37(20-28-27-13-15-35-32(27)21(2)17-31(28)42-3)30(19-26)23-7-9-24(10-8-23)33(39)36-29(34(40)41)18-22-5-11-25(38)12-6-22/h5-13,15,17,26,29-30,35,38H,4,14,16,18-20H2,1-3H3,(H,36,39)(H,40,41)/t26-,29+,30+/m1/s1. The van der Waals surface area contributed by atoms with Crippen molar-refractivity contribution in [2.24, 2.45) is 0 Å². The molecule has 5 rings (SSSR count). The molecular weight excluding hydrogens is 546 g/mol. The zero-order valence-electron chi connectivity index (χ0n) is 24.8. The molecule has 9 heteroatoms. The molecule has 1 saturated heterocycles. The van der Waals surface area contributed by atoms with Crippen LogP contribution in [0.1, 0.15) is 58.4 Å². The van der Waals surface area contributed by atoms with Gasteiger partial charge in [-0.1, -0.05) is 24.3 Å². The van der Waals surface area contributed by atoms with Gasteiger partial charge in [-0.05, 0) is 79.8 Å². The van der Waals surface area contributed by atoms with Crippen LogP contribution >= 0.6 is 0 Å². The fourth-order valence-electron chi connectivity index (χ4n) is 6.05. The highest BCUT2D eigenvalue weighted by Crippen LogP contribution is 2.38. The normalized spacial score (nSPS) is 17.9. The molecule has 1 aliphatic rings. The Morgan fingerprint density at radius 3 is 2.53 bits per heavy atom. The Kier molecular flexibility index (Phi) is 9.33. The zero-order valence-corrected chi connectivity index (χ0v) is 24.8. The number of phenols is 1. The van der Waals surface area contributed by atoms with E-state index < -0.39 is 17.9 Å². The highest BCUT2D eigenvalue weighted by Gasteiger charge is 2.31. The Morgan fingerprint density at radius 1 is 1.12 bits per heavy atom. The number of carboxylic acid groups (broad SMARTS) is 1. The van der Waals surface area contributed by atoms with Gasteiger partial charge >= 0.3 is 5.97 Å². The van der Waals surface area contributed by atoms with Crippen LogP contribution in [0.2, 0.25) is 0 Å². The van der Waals surface area contributed by atoms with E-state index in [0.29, 0.717) is 24.3 Å². The molecule has 1 aromatic heterocycles. The number of carbonyl (C=O) groups is 2. The molecule has 1 fully saturated rings. The number of ether oxygens (including phenoxy) is 2. The van der Waals surface area contributed by atoms with E-state index in [2.05, 4.69) is 34.3 Å². The fraction of sp³-hybridized carbons (Fsp3) is 0.353. The van der Waals surface area contributed by atoms with Gasteiger partial charge in [0.1, 0.15) is 17.5 Å². The second kappa shape index (κ2) is 13.3. The van der Waals surface area contributed by atoms with Crippen molar-refractivity contribution in [1.29, 1.82) is 0 Å². The average molecular weight is 586 g/mol. The Bertz CT molecular complexity index is 1560. The molecule has 0 saturated carbocycles. The number of piperidine rings is 1. The number of nitrogens with zero attached hydrogens (tertiary/aromatic N) is 1. The van der Waals surface area contributed by atoms with Gasteiger partial charge in [-0.15, -0.1) is 0 Å². The number of hydrogen-bond acceptors (Lipinski definition) is 6. The number of aliphatic carboxylic acids is 1. The number of amides is 1. The van der Waals surface area contributed by atoms with Crippen molar-refractivity contribution in [3.8, 4) is 11.5 Å². The van der Waals surface area contributed by atoms with Crippen molar-refractivity contribution in [3.05, 3.63) is 94.7 Å². The number of hydrogen-bond donors (Lipinski definition) is 4. The summed E-state index contributed by atoms with van der Waals surface area (Å²) in [6, 6.07) is 16.8. The van der Waals surface area contributed by atoms with E-state index in [1.165, 1.54) is 12.1 Å². The summed E-state index contributed by atoms with van der Waals surface area (Å²) in [6.45, 7) is 6.28. The maximum absolute atomic E-state index is 13.1. The first-order chi connectivity index (χ1) is 20.8. The summed E-state index contributed by atoms with van der Waals surface area (Å²) in [7, 11) is 1.71. The minimum absolute atomic E-state index is 0.0590. The molecule has 1 aliphatic heterocycles. The molecule has 4 aromatic rings. The van der Waals surface area contributed by atoms with Crippen LogP contribution in [0.4, 0.5) is 0 Å². The highest BCUT2D eigenvalue weighted by molar-refractivity contribution is 5.96. The second-order valence-electron chi connectivity index (χ2n) is 11.1. The van der Waals surface area contributed by atoms with Crippen molar-refractivity contribution in [1.82, 2.24) is 15.2 Å². The molecule has 3 atom stereocenters. The molecule has 4 N–H and O–H groups in total. The minimum Gasteiger partial charge on any atom is -0.508 e. The quantitative estimate of drug-likeness (QED) is 0.187. The first kappa shape index (κ1) is 30.1. The van der Waals surface area contributed by atoms with Crippen molar-refractivity contribution in [3.63, 3.8) is 0 Å². The minimum atomic E-state index is -1.12. The number of carboxylic acids is 1. The van der Waals surface area contributed by atoms with E-state index in [1.54, 1.807) is 31.4 Å². The van der Waals surface area contributed by atoms with E-state index in [9.17, 15) is 19.8 Å². The van der Waals surface area contributed by atoms with E-state index in [0.717, 1.165) is 52.7 Å².